The highest BCUT2D eigenvalue weighted by Crippen LogP contribution is 2.57. The molecular formula is C20H26N2O5. The number of likely N-dealkylation sites (tertiary alicyclic amines) is 1. The summed E-state index contributed by atoms with van der Waals surface area (Å²) < 4.78 is 4.68. The molecule has 7 heteroatoms. The predicted molar refractivity (Wildman–Crippen MR) is 98.4 cm³/mol. The first-order valence-corrected chi connectivity index (χ1v) is 9.21. The third-order valence-electron chi connectivity index (χ3n) is 6.04. The van der Waals surface area contributed by atoms with Crippen LogP contribution in [0, 0.1) is 5.41 Å². The van der Waals surface area contributed by atoms with Crippen molar-refractivity contribution in [3.63, 3.8) is 0 Å². The number of esters is 1. The van der Waals surface area contributed by atoms with Gasteiger partial charge in [-0.2, -0.15) is 0 Å². The van der Waals surface area contributed by atoms with Crippen LogP contribution in [-0.4, -0.2) is 47.2 Å². The molecule has 1 aliphatic carbocycles. The van der Waals surface area contributed by atoms with E-state index in [0.29, 0.717) is 18.5 Å². The summed E-state index contributed by atoms with van der Waals surface area (Å²) in [4.78, 5) is 37.6. The second kappa shape index (κ2) is 6.87. The summed E-state index contributed by atoms with van der Waals surface area (Å²) >= 11 is 0. The third kappa shape index (κ3) is 3.63. The van der Waals surface area contributed by atoms with E-state index in [1.807, 2.05) is 6.92 Å². The first-order valence-electron chi connectivity index (χ1n) is 9.21. The van der Waals surface area contributed by atoms with Crippen LogP contribution < -0.4 is 5.32 Å². The van der Waals surface area contributed by atoms with Crippen molar-refractivity contribution in [2.75, 3.05) is 13.7 Å². The Hall–Kier alpha value is -2.57. The molecule has 3 rings (SSSR count). The summed E-state index contributed by atoms with van der Waals surface area (Å²) in [5, 5.41) is 12.5. The summed E-state index contributed by atoms with van der Waals surface area (Å²) in [6.07, 6.45) is 2.46. The van der Waals surface area contributed by atoms with Crippen LogP contribution >= 0.6 is 0 Å². The number of amides is 2. The Morgan fingerprint density at radius 3 is 2.33 bits per heavy atom. The van der Waals surface area contributed by atoms with E-state index in [1.54, 1.807) is 31.2 Å². The molecule has 0 bridgehead atoms. The number of piperidine rings is 1. The zero-order valence-electron chi connectivity index (χ0n) is 15.9. The summed E-state index contributed by atoms with van der Waals surface area (Å²) in [7, 11) is 1.32. The van der Waals surface area contributed by atoms with Crippen molar-refractivity contribution < 1.29 is 24.2 Å². The Bertz CT molecular complexity index is 756. The number of carbonyl (C=O) groups excluding carboxylic acids is 2. The highest BCUT2D eigenvalue weighted by molar-refractivity contribution is 5.90. The Labute approximate surface area is 158 Å². The molecule has 1 spiro atoms. The van der Waals surface area contributed by atoms with E-state index in [9.17, 15) is 19.5 Å². The van der Waals surface area contributed by atoms with Gasteiger partial charge in [0.15, 0.2) is 0 Å². The standard InChI is InChI=1S/C20H26N2O5/c1-13(14-4-6-15(7-5-14)16(23)27-3)21-17(24)19(2)12-20(8-9-20)10-11-22(19)18(25)26/h4-7,13H,8-12H2,1-3H3,(H,21,24)(H,25,26)/t13-,19?/m0/s1. The number of hydrogen-bond donors (Lipinski definition) is 2. The number of benzene rings is 1. The smallest absolute Gasteiger partial charge is 0.408 e. The summed E-state index contributed by atoms with van der Waals surface area (Å²) in [6, 6.07) is 6.51. The fourth-order valence-corrected chi connectivity index (χ4v) is 4.08. The summed E-state index contributed by atoms with van der Waals surface area (Å²) in [6.45, 7) is 3.96. The lowest BCUT2D eigenvalue weighted by atomic mass is 9.78. The van der Waals surface area contributed by atoms with E-state index in [4.69, 9.17) is 0 Å². The minimum atomic E-state index is -1.07. The molecule has 2 fully saturated rings. The minimum Gasteiger partial charge on any atom is -0.465 e. The zero-order chi connectivity index (χ0) is 19.8. The van der Waals surface area contributed by atoms with Crippen LogP contribution in [0.2, 0.25) is 0 Å². The Morgan fingerprint density at radius 1 is 1.19 bits per heavy atom. The van der Waals surface area contributed by atoms with Gasteiger partial charge < -0.3 is 15.2 Å². The molecule has 0 radical (unpaired) electrons. The molecule has 2 N–H and O–H groups in total. The average Bonchev–Trinajstić information content (AvgIpc) is 3.39. The first kappa shape index (κ1) is 19.2. The van der Waals surface area contributed by atoms with Gasteiger partial charge in [0.2, 0.25) is 5.91 Å². The number of hydrogen-bond acceptors (Lipinski definition) is 4. The minimum absolute atomic E-state index is 0.128. The Morgan fingerprint density at radius 2 is 1.81 bits per heavy atom. The van der Waals surface area contributed by atoms with Gasteiger partial charge in [0, 0.05) is 6.54 Å². The van der Waals surface area contributed by atoms with Crippen LogP contribution in [-0.2, 0) is 9.53 Å². The van der Waals surface area contributed by atoms with Gasteiger partial charge in [-0.3, -0.25) is 9.69 Å². The van der Waals surface area contributed by atoms with E-state index < -0.39 is 17.6 Å². The zero-order valence-corrected chi connectivity index (χ0v) is 15.9. The molecule has 7 nitrogen and oxygen atoms in total. The fourth-order valence-electron chi connectivity index (χ4n) is 4.08. The molecular weight excluding hydrogens is 348 g/mol. The highest BCUT2D eigenvalue weighted by Gasteiger charge is 2.57. The molecule has 27 heavy (non-hydrogen) atoms. The number of nitrogens with one attached hydrogen (secondary N) is 1. The molecule has 1 saturated heterocycles. The van der Waals surface area contributed by atoms with Crippen molar-refractivity contribution in [3.05, 3.63) is 35.4 Å². The third-order valence-corrected chi connectivity index (χ3v) is 6.04. The Balaban J connectivity index is 1.74. The fraction of sp³-hybridized carbons (Fsp3) is 0.550. The lowest BCUT2D eigenvalue weighted by Gasteiger charge is -2.45. The van der Waals surface area contributed by atoms with Gasteiger partial charge >= 0.3 is 12.1 Å². The van der Waals surface area contributed by atoms with Crippen LogP contribution in [0.25, 0.3) is 0 Å². The van der Waals surface area contributed by atoms with Crippen molar-refractivity contribution in [2.24, 2.45) is 5.41 Å². The van der Waals surface area contributed by atoms with Gasteiger partial charge in [-0.1, -0.05) is 12.1 Å². The van der Waals surface area contributed by atoms with Gasteiger partial charge in [0.1, 0.15) is 5.54 Å². The molecule has 1 aromatic carbocycles. The number of ether oxygens (including phenoxy) is 1. The van der Waals surface area contributed by atoms with Gasteiger partial charge in [-0.05, 0) is 62.6 Å². The van der Waals surface area contributed by atoms with E-state index in [2.05, 4.69) is 10.1 Å². The lowest BCUT2D eigenvalue weighted by molar-refractivity contribution is -0.136. The van der Waals surface area contributed by atoms with Gasteiger partial charge in [-0.15, -0.1) is 0 Å². The molecule has 1 unspecified atom stereocenters. The van der Waals surface area contributed by atoms with Crippen molar-refractivity contribution in [2.45, 2.75) is 51.1 Å². The summed E-state index contributed by atoms with van der Waals surface area (Å²) in [5.74, 6) is -0.694. The molecule has 1 aromatic rings. The van der Waals surface area contributed by atoms with Crippen molar-refractivity contribution >= 4 is 18.0 Å². The monoisotopic (exact) mass is 374 g/mol. The van der Waals surface area contributed by atoms with Gasteiger partial charge in [0.25, 0.3) is 0 Å². The van der Waals surface area contributed by atoms with Crippen LogP contribution in [0.5, 0.6) is 0 Å². The predicted octanol–water partition coefficient (Wildman–Crippen LogP) is 2.96. The van der Waals surface area contributed by atoms with Crippen LogP contribution in [0.1, 0.15) is 61.5 Å². The summed E-state index contributed by atoms with van der Waals surface area (Å²) in [5.41, 5.74) is 0.328. The van der Waals surface area contributed by atoms with Gasteiger partial charge in [-0.25, -0.2) is 9.59 Å². The van der Waals surface area contributed by atoms with Crippen LogP contribution in [0.15, 0.2) is 24.3 Å². The average molecular weight is 374 g/mol. The van der Waals surface area contributed by atoms with Crippen LogP contribution in [0.3, 0.4) is 0 Å². The van der Waals surface area contributed by atoms with Crippen molar-refractivity contribution in [1.29, 1.82) is 0 Å². The number of methoxy groups -OCH3 is 1. The maximum Gasteiger partial charge on any atom is 0.408 e. The first-order chi connectivity index (χ1) is 12.7. The number of carboxylic acid groups (broad SMARTS) is 1. The largest absolute Gasteiger partial charge is 0.465 e. The molecule has 1 aliphatic heterocycles. The molecule has 2 atom stereocenters. The maximum absolute atomic E-state index is 13.1. The molecule has 0 aromatic heterocycles. The Kier molecular flexibility index (Phi) is 4.88. The molecule has 1 heterocycles. The number of nitrogens with zero attached hydrogens (tertiary/aromatic N) is 1. The number of rotatable bonds is 4. The normalized spacial score (nSPS) is 24.2. The SMILES string of the molecule is COC(=O)c1ccc([C@H](C)NC(=O)C2(C)CC3(CCN2C(=O)O)CC3)cc1. The second-order valence-electron chi connectivity index (χ2n) is 7.94. The van der Waals surface area contributed by atoms with E-state index in [0.717, 1.165) is 24.8 Å². The van der Waals surface area contributed by atoms with Gasteiger partial charge in [0.05, 0.1) is 18.7 Å². The maximum atomic E-state index is 13.1. The molecule has 2 aliphatic rings. The van der Waals surface area contributed by atoms with Crippen LogP contribution in [0.4, 0.5) is 4.79 Å². The topological polar surface area (TPSA) is 95.9 Å². The van der Waals surface area contributed by atoms with E-state index in [1.165, 1.54) is 12.0 Å². The molecule has 1 saturated carbocycles. The highest BCUT2D eigenvalue weighted by atomic mass is 16.5. The second-order valence-corrected chi connectivity index (χ2v) is 7.94. The lowest BCUT2D eigenvalue weighted by Crippen LogP contribution is -2.62. The van der Waals surface area contributed by atoms with E-state index in [-0.39, 0.29) is 17.4 Å². The van der Waals surface area contributed by atoms with Crippen molar-refractivity contribution in [1.82, 2.24) is 10.2 Å². The van der Waals surface area contributed by atoms with Crippen molar-refractivity contribution in [3.8, 4) is 0 Å². The van der Waals surface area contributed by atoms with E-state index >= 15 is 0 Å². The quantitative estimate of drug-likeness (QED) is 0.790. The molecule has 2 amide bonds. The molecule has 146 valence electrons. The number of carbonyl (C=O) groups is 3.